The second-order valence-corrected chi connectivity index (χ2v) is 3.49. The Balaban J connectivity index is 2.48. The molecule has 1 heterocycles. The molecule has 0 unspecified atom stereocenters. The number of aryl methyl sites for hydroxylation is 1. The minimum atomic E-state index is -0.907. The maximum absolute atomic E-state index is 13.6. The van der Waals surface area contributed by atoms with Crippen LogP contribution >= 0.6 is 0 Å². The van der Waals surface area contributed by atoms with Crippen LogP contribution in [0.3, 0.4) is 0 Å². The maximum Gasteiger partial charge on any atom is 0.303 e. The smallest absolute Gasteiger partial charge is 0.303 e. The van der Waals surface area contributed by atoms with Gasteiger partial charge in [0.25, 0.3) is 0 Å². The molecule has 0 saturated heterocycles. The van der Waals surface area contributed by atoms with Gasteiger partial charge in [-0.1, -0.05) is 12.1 Å². The molecule has 0 amide bonds. The van der Waals surface area contributed by atoms with Gasteiger partial charge in [-0.15, -0.1) is 0 Å². The molecule has 82 valence electrons. The van der Waals surface area contributed by atoms with Crippen molar-refractivity contribution in [1.82, 2.24) is 4.98 Å². The lowest BCUT2D eigenvalue weighted by molar-refractivity contribution is -0.136. The minimum Gasteiger partial charge on any atom is -0.481 e. The first-order chi connectivity index (χ1) is 7.68. The topological polar surface area (TPSA) is 50.2 Å². The summed E-state index contributed by atoms with van der Waals surface area (Å²) < 4.78 is 13.6. The molecule has 1 aromatic carbocycles. The number of hydrogen-bond acceptors (Lipinski definition) is 2. The molecule has 0 atom stereocenters. The number of rotatable bonds is 3. The van der Waals surface area contributed by atoms with E-state index in [9.17, 15) is 9.18 Å². The van der Waals surface area contributed by atoms with E-state index in [4.69, 9.17) is 5.11 Å². The van der Waals surface area contributed by atoms with Gasteiger partial charge in [-0.05, 0) is 17.5 Å². The third kappa shape index (κ3) is 2.00. The van der Waals surface area contributed by atoms with E-state index in [1.165, 1.54) is 6.07 Å². The van der Waals surface area contributed by atoms with Gasteiger partial charge in [-0.3, -0.25) is 9.78 Å². The SMILES string of the molecule is O=C(O)CCc1nccc2cccc(F)c12. The zero-order valence-electron chi connectivity index (χ0n) is 8.48. The van der Waals surface area contributed by atoms with Crippen LogP contribution in [0.5, 0.6) is 0 Å². The first kappa shape index (κ1) is 10.5. The van der Waals surface area contributed by atoms with Gasteiger partial charge in [0.05, 0.1) is 12.1 Å². The molecule has 0 aliphatic rings. The molecular formula is C12H10FNO2. The molecule has 0 radical (unpaired) electrons. The van der Waals surface area contributed by atoms with E-state index >= 15 is 0 Å². The van der Waals surface area contributed by atoms with Crippen molar-refractivity contribution in [2.45, 2.75) is 12.8 Å². The summed E-state index contributed by atoms with van der Waals surface area (Å²) in [5, 5.41) is 9.76. The van der Waals surface area contributed by atoms with Gasteiger partial charge in [-0.2, -0.15) is 0 Å². The number of hydrogen-bond donors (Lipinski definition) is 1. The molecule has 1 N–H and O–H groups in total. The second-order valence-electron chi connectivity index (χ2n) is 3.49. The lowest BCUT2D eigenvalue weighted by Crippen LogP contribution is -2.00. The lowest BCUT2D eigenvalue weighted by atomic mass is 10.1. The fraction of sp³-hybridized carbons (Fsp3) is 0.167. The highest BCUT2D eigenvalue weighted by atomic mass is 19.1. The summed E-state index contributed by atoms with van der Waals surface area (Å²) in [6.45, 7) is 0. The summed E-state index contributed by atoms with van der Waals surface area (Å²) in [5.41, 5.74) is 0.498. The van der Waals surface area contributed by atoms with Crippen LogP contribution in [0.15, 0.2) is 30.5 Å². The number of nitrogens with zero attached hydrogens (tertiary/aromatic N) is 1. The Hall–Kier alpha value is -1.97. The molecule has 0 spiro atoms. The van der Waals surface area contributed by atoms with Gasteiger partial charge in [0.15, 0.2) is 0 Å². The summed E-state index contributed by atoms with van der Waals surface area (Å²) in [7, 11) is 0. The highest BCUT2D eigenvalue weighted by Crippen LogP contribution is 2.21. The van der Waals surface area contributed by atoms with Crippen LogP contribution in [-0.4, -0.2) is 16.1 Å². The average molecular weight is 219 g/mol. The fourth-order valence-corrected chi connectivity index (χ4v) is 1.67. The second kappa shape index (κ2) is 4.26. The zero-order chi connectivity index (χ0) is 11.5. The Morgan fingerprint density at radius 3 is 2.94 bits per heavy atom. The summed E-state index contributed by atoms with van der Waals surface area (Å²) in [5.74, 6) is -1.26. The standard InChI is InChI=1S/C12H10FNO2/c13-9-3-1-2-8-6-7-14-10(12(8)9)4-5-11(15)16/h1-3,6-7H,4-5H2,(H,15,16). The number of carbonyl (C=O) groups is 1. The first-order valence-electron chi connectivity index (χ1n) is 4.92. The molecule has 2 rings (SSSR count). The Labute approximate surface area is 91.5 Å². The number of aromatic nitrogens is 1. The van der Waals surface area contributed by atoms with Crippen molar-refractivity contribution in [2.75, 3.05) is 0 Å². The van der Waals surface area contributed by atoms with Gasteiger partial charge < -0.3 is 5.11 Å². The minimum absolute atomic E-state index is 0.0412. The molecule has 0 aliphatic carbocycles. The molecule has 1 aromatic heterocycles. The summed E-state index contributed by atoms with van der Waals surface area (Å²) in [4.78, 5) is 14.5. The highest BCUT2D eigenvalue weighted by molar-refractivity contribution is 5.85. The quantitative estimate of drug-likeness (QED) is 0.862. The fourth-order valence-electron chi connectivity index (χ4n) is 1.67. The normalized spacial score (nSPS) is 10.6. The van der Waals surface area contributed by atoms with E-state index in [0.29, 0.717) is 11.1 Å². The number of halogens is 1. The van der Waals surface area contributed by atoms with Crippen LogP contribution in [-0.2, 0) is 11.2 Å². The van der Waals surface area contributed by atoms with Gasteiger partial charge in [0, 0.05) is 18.0 Å². The van der Waals surface area contributed by atoms with E-state index in [1.807, 2.05) is 0 Å². The Bertz CT molecular complexity index is 534. The first-order valence-corrected chi connectivity index (χ1v) is 4.92. The highest BCUT2D eigenvalue weighted by Gasteiger charge is 2.08. The molecule has 0 fully saturated rings. The average Bonchev–Trinajstić information content (AvgIpc) is 2.26. The Morgan fingerprint density at radius 2 is 2.19 bits per heavy atom. The van der Waals surface area contributed by atoms with Crippen LogP contribution in [0, 0.1) is 5.82 Å². The zero-order valence-corrected chi connectivity index (χ0v) is 8.48. The van der Waals surface area contributed by atoms with E-state index in [-0.39, 0.29) is 18.7 Å². The lowest BCUT2D eigenvalue weighted by Gasteiger charge is -2.04. The van der Waals surface area contributed by atoms with Crippen molar-refractivity contribution < 1.29 is 14.3 Å². The number of benzene rings is 1. The van der Waals surface area contributed by atoms with Gasteiger partial charge in [-0.25, -0.2) is 4.39 Å². The van der Waals surface area contributed by atoms with Crippen molar-refractivity contribution >= 4 is 16.7 Å². The number of pyridine rings is 1. The third-order valence-electron chi connectivity index (χ3n) is 2.39. The molecule has 0 aliphatic heterocycles. The maximum atomic E-state index is 13.6. The Morgan fingerprint density at radius 1 is 1.38 bits per heavy atom. The van der Waals surface area contributed by atoms with Crippen molar-refractivity contribution in [3.8, 4) is 0 Å². The number of aliphatic carboxylic acids is 1. The molecule has 0 saturated carbocycles. The van der Waals surface area contributed by atoms with Gasteiger partial charge in [0.2, 0.25) is 0 Å². The van der Waals surface area contributed by atoms with Crippen molar-refractivity contribution in [2.24, 2.45) is 0 Å². The number of carboxylic acids is 1. The number of fused-ring (bicyclic) bond motifs is 1. The Kier molecular flexibility index (Phi) is 2.81. The van der Waals surface area contributed by atoms with E-state index in [1.54, 1.807) is 24.4 Å². The summed E-state index contributed by atoms with van der Waals surface area (Å²) in [6.07, 6.45) is 1.77. The summed E-state index contributed by atoms with van der Waals surface area (Å²) >= 11 is 0. The molecule has 0 bridgehead atoms. The van der Waals surface area contributed by atoms with Crippen LogP contribution in [0.1, 0.15) is 12.1 Å². The molecule has 3 nitrogen and oxygen atoms in total. The predicted octanol–water partition coefficient (Wildman–Crippen LogP) is 2.39. The van der Waals surface area contributed by atoms with Crippen molar-refractivity contribution in [1.29, 1.82) is 0 Å². The van der Waals surface area contributed by atoms with Gasteiger partial charge in [0.1, 0.15) is 5.82 Å². The van der Waals surface area contributed by atoms with Crippen LogP contribution < -0.4 is 0 Å². The van der Waals surface area contributed by atoms with Crippen LogP contribution in [0.25, 0.3) is 10.8 Å². The largest absolute Gasteiger partial charge is 0.481 e. The van der Waals surface area contributed by atoms with E-state index in [2.05, 4.69) is 4.98 Å². The van der Waals surface area contributed by atoms with Crippen LogP contribution in [0.2, 0.25) is 0 Å². The van der Waals surface area contributed by atoms with Gasteiger partial charge >= 0.3 is 5.97 Å². The molecule has 16 heavy (non-hydrogen) atoms. The van der Waals surface area contributed by atoms with E-state index < -0.39 is 5.97 Å². The van der Waals surface area contributed by atoms with Crippen molar-refractivity contribution in [3.63, 3.8) is 0 Å². The summed E-state index contributed by atoms with van der Waals surface area (Å²) in [6, 6.07) is 6.47. The molecular weight excluding hydrogens is 209 g/mol. The third-order valence-corrected chi connectivity index (χ3v) is 2.39. The predicted molar refractivity (Wildman–Crippen MR) is 57.7 cm³/mol. The molecule has 2 aromatic rings. The van der Waals surface area contributed by atoms with Crippen LogP contribution in [0.4, 0.5) is 4.39 Å². The molecule has 4 heteroatoms. The monoisotopic (exact) mass is 219 g/mol. The van der Waals surface area contributed by atoms with Crippen molar-refractivity contribution in [3.05, 3.63) is 42.0 Å². The number of carboxylic acid groups (broad SMARTS) is 1. The van der Waals surface area contributed by atoms with E-state index in [0.717, 1.165) is 5.39 Å².